The highest BCUT2D eigenvalue weighted by Crippen LogP contribution is 2.32. The van der Waals surface area contributed by atoms with Crippen LogP contribution < -0.4 is 9.47 Å². The third-order valence-corrected chi connectivity index (χ3v) is 5.43. The Labute approximate surface area is 177 Å². The molecule has 1 unspecified atom stereocenters. The third-order valence-electron chi connectivity index (χ3n) is 5.43. The van der Waals surface area contributed by atoms with Crippen molar-refractivity contribution in [3.8, 4) is 11.5 Å². The Morgan fingerprint density at radius 3 is 2.53 bits per heavy atom. The zero-order valence-corrected chi connectivity index (χ0v) is 17.5. The first-order valence-electron chi connectivity index (χ1n) is 10.6. The summed E-state index contributed by atoms with van der Waals surface area (Å²) in [4.78, 5) is 17.9. The van der Waals surface area contributed by atoms with E-state index >= 15 is 0 Å². The number of rotatable bonds is 7. The van der Waals surface area contributed by atoms with E-state index in [-0.39, 0.29) is 12.6 Å². The van der Waals surface area contributed by atoms with Gasteiger partial charge in [0.2, 0.25) is 0 Å². The van der Waals surface area contributed by atoms with E-state index in [9.17, 15) is 4.79 Å². The van der Waals surface area contributed by atoms with Gasteiger partial charge in [-0.15, -0.1) is 0 Å². The van der Waals surface area contributed by atoms with Crippen molar-refractivity contribution in [2.75, 3.05) is 19.8 Å². The maximum Gasteiger partial charge on any atom is 0.339 e. The van der Waals surface area contributed by atoms with Crippen LogP contribution in [0.25, 0.3) is 10.9 Å². The highest BCUT2D eigenvalue weighted by Gasteiger charge is 2.26. The van der Waals surface area contributed by atoms with Crippen LogP contribution in [-0.4, -0.2) is 30.8 Å². The topological polar surface area (TPSA) is 57.7 Å². The number of aromatic nitrogens is 1. The van der Waals surface area contributed by atoms with E-state index in [1.54, 1.807) is 0 Å². The average Bonchev–Trinajstić information content (AvgIpc) is 2.76. The van der Waals surface area contributed by atoms with Crippen LogP contribution in [0.5, 0.6) is 11.5 Å². The number of fused-ring (bicyclic) bond motifs is 2. The molecule has 1 aromatic heterocycles. The summed E-state index contributed by atoms with van der Waals surface area (Å²) >= 11 is 0. The van der Waals surface area contributed by atoms with Crippen molar-refractivity contribution in [1.29, 1.82) is 0 Å². The number of carbonyl (C=O) groups excluding carboxylic acids is 1. The summed E-state index contributed by atoms with van der Waals surface area (Å²) in [6, 6.07) is 15.2. The van der Waals surface area contributed by atoms with Crippen LogP contribution in [0, 0.1) is 5.92 Å². The van der Waals surface area contributed by atoms with Crippen molar-refractivity contribution in [3.05, 3.63) is 65.4 Å². The van der Waals surface area contributed by atoms with Gasteiger partial charge in [-0.05, 0) is 68.0 Å². The van der Waals surface area contributed by atoms with Crippen LogP contribution in [0.3, 0.4) is 0 Å². The van der Waals surface area contributed by atoms with E-state index in [1.807, 2.05) is 55.5 Å². The number of carbonyl (C=O) groups is 1. The molecule has 5 heteroatoms. The largest absolute Gasteiger partial charge is 0.494 e. The molecule has 0 bridgehead atoms. The van der Waals surface area contributed by atoms with Crippen LogP contribution in [-0.2, 0) is 17.6 Å². The fourth-order valence-corrected chi connectivity index (χ4v) is 3.96. The summed E-state index contributed by atoms with van der Waals surface area (Å²) in [7, 11) is 0. The Morgan fingerprint density at radius 2 is 1.77 bits per heavy atom. The molecule has 1 atom stereocenters. The molecule has 1 aliphatic carbocycles. The van der Waals surface area contributed by atoms with Gasteiger partial charge in [-0.2, -0.15) is 0 Å². The van der Waals surface area contributed by atoms with Crippen LogP contribution in [0.4, 0.5) is 0 Å². The van der Waals surface area contributed by atoms with Crippen molar-refractivity contribution < 1.29 is 19.0 Å². The van der Waals surface area contributed by atoms with E-state index < -0.39 is 0 Å². The molecule has 4 rings (SSSR count). The van der Waals surface area contributed by atoms with Crippen LogP contribution in [0.15, 0.2) is 48.5 Å². The number of esters is 1. The third kappa shape index (κ3) is 4.40. The molecule has 30 heavy (non-hydrogen) atoms. The molecule has 0 radical (unpaired) electrons. The van der Waals surface area contributed by atoms with Gasteiger partial charge in [-0.25, -0.2) is 4.79 Å². The number of hydrogen-bond acceptors (Lipinski definition) is 5. The number of hydrogen-bond donors (Lipinski definition) is 0. The molecule has 2 aromatic carbocycles. The van der Waals surface area contributed by atoms with E-state index in [0.717, 1.165) is 52.9 Å². The summed E-state index contributed by atoms with van der Waals surface area (Å²) in [6.07, 6.45) is 2.87. The molecular weight excluding hydrogens is 378 g/mol. The lowest BCUT2D eigenvalue weighted by atomic mass is 9.84. The first-order valence-corrected chi connectivity index (χ1v) is 10.6. The van der Waals surface area contributed by atoms with Gasteiger partial charge in [0.25, 0.3) is 0 Å². The van der Waals surface area contributed by atoms with Crippen LogP contribution >= 0.6 is 0 Å². The maximum atomic E-state index is 13.0. The van der Waals surface area contributed by atoms with E-state index in [2.05, 4.69) is 6.92 Å². The summed E-state index contributed by atoms with van der Waals surface area (Å²) in [5.41, 5.74) is 3.60. The van der Waals surface area contributed by atoms with E-state index in [1.165, 1.54) is 0 Å². The number of ether oxygens (including phenoxy) is 3. The lowest BCUT2D eigenvalue weighted by Gasteiger charge is -2.24. The second-order valence-corrected chi connectivity index (χ2v) is 7.67. The van der Waals surface area contributed by atoms with Gasteiger partial charge >= 0.3 is 5.97 Å². The molecule has 0 saturated heterocycles. The Bertz CT molecular complexity index is 1030. The van der Waals surface area contributed by atoms with Crippen molar-refractivity contribution in [3.63, 3.8) is 0 Å². The van der Waals surface area contributed by atoms with Gasteiger partial charge in [0, 0.05) is 11.1 Å². The van der Waals surface area contributed by atoms with Crippen LogP contribution in [0.1, 0.15) is 41.9 Å². The van der Waals surface area contributed by atoms with Crippen molar-refractivity contribution in [2.24, 2.45) is 5.92 Å². The second kappa shape index (κ2) is 9.16. The molecule has 3 aromatic rings. The molecule has 1 heterocycles. The first kappa shape index (κ1) is 20.2. The number of nitrogens with zero attached hydrogens (tertiary/aromatic N) is 1. The van der Waals surface area contributed by atoms with Gasteiger partial charge < -0.3 is 14.2 Å². The fourth-order valence-electron chi connectivity index (χ4n) is 3.96. The van der Waals surface area contributed by atoms with Crippen molar-refractivity contribution in [2.45, 2.75) is 33.1 Å². The Kier molecular flexibility index (Phi) is 6.17. The normalized spacial score (nSPS) is 15.5. The maximum absolute atomic E-state index is 13.0. The Morgan fingerprint density at radius 1 is 1.03 bits per heavy atom. The quantitative estimate of drug-likeness (QED) is 0.409. The summed E-state index contributed by atoms with van der Waals surface area (Å²) in [5, 5.41) is 0.864. The second-order valence-electron chi connectivity index (χ2n) is 7.67. The van der Waals surface area contributed by atoms with Gasteiger partial charge in [-0.3, -0.25) is 4.98 Å². The SMILES string of the molecule is CCOc1ccc(OCCOC(=O)c2c3c(nc4ccccc24)CCC(C)C3)cc1. The number of aryl methyl sites for hydroxylation is 1. The molecule has 0 saturated carbocycles. The number of pyridine rings is 1. The molecule has 0 aliphatic heterocycles. The smallest absolute Gasteiger partial charge is 0.339 e. The number of para-hydroxylation sites is 1. The number of benzene rings is 2. The predicted octanol–water partition coefficient (Wildman–Crippen LogP) is 4.99. The van der Waals surface area contributed by atoms with E-state index in [0.29, 0.717) is 24.7 Å². The first-order chi connectivity index (χ1) is 14.7. The highest BCUT2D eigenvalue weighted by atomic mass is 16.6. The fraction of sp³-hybridized carbons (Fsp3) is 0.360. The lowest BCUT2D eigenvalue weighted by Crippen LogP contribution is -2.20. The molecule has 0 spiro atoms. The van der Waals surface area contributed by atoms with Gasteiger partial charge in [-0.1, -0.05) is 25.1 Å². The standard InChI is InChI=1S/C25H27NO4/c1-3-28-18-9-11-19(12-10-18)29-14-15-30-25(27)24-20-6-4-5-7-22(20)26-23-13-8-17(2)16-21(23)24/h4-7,9-12,17H,3,8,13-16H2,1-2H3. The average molecular weight is 405 g/mol. The zero-order valence-electron chi connectivity index (χ0n) is 17.5. The molecule has 0 N–H and O–H groups in total. The molecule has 156 valence electrons. The highest BCUT2D eigenvalue weighted by molar-refractivity contribution is 6.05. The molecule has 5 nitrogen and oxygen atoms in total. The summed E-state index contributed by atoms with van der Waals surface area (Å²) < 4.78 is 16.7. The minimum absolute atomic E-state index is 0.188. The molecule has 0 fully saturated rings. The minimum atomic E-state index is -0.297. The van der Waals surface area contributed by atoms with Gasteiger partial charge in [0.05, 0.1) is 17.7 Å². The molecular formula is C25H27NO4. The van der Waals surface area contributed by atoms with Crippen molar-refractivity contribution in [1.82, 2.24) is 4.98 Å². The molecule has 0 amide bonds. The zero-order chi connectivity index (χ0) is 20.9. The van der Waals surface area contributed by atoms with Crippen molar-refractivity contribution >= 4 is 16.9 Å². The van der Waals surface area contributed by atoms with Crippen LogP contribution in [0.2, 0.25) is 0 Å². The summed E-state index contributed by atoms with van der Waals surface area (Å²) in [5.74, 6) is 1.76. The van der Waals surface area contributed by atoms with E-state index in [4.69, 9.17) is 19.2 Å². The minimum Gasteiger partial charge on any atom is -0.494 e. The predicted molar refractivity (Wildman–Crippen MR) is 116 cm³/mol. The van der Waals surface area contributed by atoms with Gasteiger partial charge in [0.1, 0.15) is 24.7 Å². The molecule has 1 aliphatic rings. The van der Waals surface area contributed by atoms with Gasteiger partial charge in [0.15, 0.2) is 0 Å². The Hall–Kier alpha value is -3.08. The summed E-state index contributed by atoms with van der Waals surface area (Å²) in [6.45, 7) is 5.27. The lowest BCUT2D eigenvalue weighted by molar-refractivity contribution is 0.0451. The monoisotopic (exact) mass is 405 g/mol. The Balaban J connectivity index is 1.45.